The van der Waals surface area contributed by atoms with Crippen molar-refractivity contribution in [1.82, 2.24) is 15.0 Å². The van der Waals surface area contributed by atoms with Gasteiger partial charge in [-0.3, -0.25) is 4.98 Å². The minimum Gasteiger partial charge on any atom is -0.393 e. The fourth-order valence-electron chi connectivity index (χ4n) is 3.89. The average molecular weight is 477 g/mol. The van der Waals surface area contributed by atoms with Crippen molar-refractivity contribution in [3.8, 4) is 0 Å². The van der Waals surface area contributed by atoms with Crippen molar-refractivity contribution in [3.05, 3.63) is 40.8 Å². The van der Waals surface area contributed by atoms with Crippen molar-refractivity contribution in [3.63, 3.8) is 0 Å². The van der Waals surface area contributed by atoms with Crippen molar-refractivity contribution in [2.45, 2.75) is 71.1 Å². The topological polar surface area (TPSA) is 83.0 Å². The second kappa shape index (κ2) is 8.96. The molecule has 1 aliphatic rings. The maximum atomic E-state index is 13.5. The second-order valence-electron chi connectivity index (χ2n) is 8.91. The third-order valence-electron chi connectivity index (χ3n) is 5.76. The molecule has 33 heavy (non-hydrogen) atoms. The number of pyridine rings is 1. The van der Waals surface area contributed by atoms with Crippen molar-refractivity contribution < 1.29 is 31.4 Å². The lowest BCUT2D eigenvalue weighted by Gasteiger charge is -2.40. The number of rotatable bonds is 5. The predicted molar refractivity (Wildman–Crippen MR) is 109 cm³/mol. The van der Waals surface area contributed by atoms with Crippen LogP contribution in [0.15, 0.2) is 18.5 Å². The number of aromatic nitrogens is 3. The minimum atomic E-state index is -4.73. The molecule has 0 saturated heterocycles. The maximum Gasteiger partial charge on any atom is 0.421 e. The first-order chi connectivity index (χ1) is 15.2. The fraction of sp³-hybridized carbons (Fsp3) is 0.571. The molecule has 2 aromatic heterocycles. The lowest BCUT2D eigenvalue weighted by atomic mass is 9.73. The number of alkyl halides is 6. The van der Waals surface area contributed by atoms with E-state index in [0.29, 0.717) is 25.5 Å². The Morgan fingerprint density at radius 3 is 2.30 bits per heavy atom. The van der Waals surface area contributed by atoms with E-state index in [0.717, 1.165) is 12.3 Å². The maximum absolute atomic E-state index is 13.5. The molecule has 0 bridgehead atoms. The molecule has 2 atom stereocenters. The zero-order valence-corrected chi connectivity index (χ0v) is 18.3. The lowest BCUT2D eigenvalue weighted by Crippen LogP contribution is -2.41. The standard InChI is InChI=1S/C21H25F6N5O/c1-11-6-14(20(22,23)24)12(8-28-11)9-29-18-30-10-15(21(25,26)27)17(32-18)31-13-4-5-16(33)19(2,3)7-13/h6,8,10,13,16,33H,4-5,7,9H2,1-3H3,(H2,29,30,31,32)/t13-,16-/m1/s1. The number of hydrogen-bond donors (Lipinski definition) is 3. The quantitative estimate of drug-likeness (QED) is 0.515. The molecule has 1 saturated carbocycles. The van der Waals surface area contributed by atoms with Crippen LogP contribution in [0.1, 0.15) is 55.5 Å². The van der Waals surface area contributed by atoms with Gasteiger partial charge >= 0.3 is 12.4 Å². The highest BCUT2D eigenvalue weighted by Crippen LogP contribution is 2.39. The molecule has 2 aromatic rings. The number of halogens is 6. The summed E-state index contributed by atoms with van der Waals surface area (Å²) < 4.78 is 80.5. The van der Waals surface area contributed by atoms with Crippen LogP contribution in [-0.4, -0.2) is 32.2 Å². The molecule has 3 rings (SSSR count). The molecule has 182 valence electrons. The summed E-state index contributed by atoms with van der Waals surface area (Å²) in [4.78, 5) is 11.4. The summed E-state index contributed by atoms with van der Waals surface area (Å²) in [6, 6.07) is 0.530. The van der Waals surface area contributed by atoms with Gasteiger partial charge in [-0.1, -0.05) is 13.8 Å². The summed E-state index contributed by atoms with van der Waals surface area (Å²) in [5.74, 6) is -0.718. The van der Waals surface area contributed by atoms with E-state index in [9.17, 15) is 31.4 Å². The first-order valence-electron chi connectivity index (χ1n) is 10.3. The second-order valence-corrected chi connectivity index (χ2v) is 8.91. The molecule has 0 aliphatic heterocycles. The Labute approximate surface area is 186 Å². The van der Waals surface area contributed by atoms with Gasteiger partial charge in [0, 0.05) is 36.2 Å². The van der Waals surface area contributed by atoms with Gasteiger partial charge < -0.3 is 15.7 Å². The van der Waals surface area contributed by atoms with Crippen LogP contribution in [0.4, 0.5) is 38.1 Å². The summed E-state index contributed by atoms with van der Waals surface area (Å²) in [7, 11) is 0. The molecule has 0 unspecified atom stereocenters. The Balaban J connectivity index is 1.84. The van der Waals surface area contributed by atoms with E-state index in [1.165, 1.54) is 6.92 Å². The molecular formula is C21H25F6N5O. The monoisotopic (exact) mass is 477 g/mol. The molecule has 6 nitrogen and oxygen atoms in total. The van der Waals surface area contributed by atoms with Crippen LogP contribution in [0, 0.1) is 12.3 Å². The van der Waals surface area contributed by atoms with Crippen molar-refractivity contribution in [2.24, 2.45) is 5.41 Å². The van der Waals surface area contributed by atoms with Gasteiger partial charge in [0.05, 0.1) is 11.7 Å². The van der Waals surface area contributed by atoms with Gasteiger partial charge in [-0.15, -0.1) is 0 Å². The Bertz CT molecular complexity index is 992. The van der Waals surface area contributed by atoms with Gasteiger partial charge in [-0.2, -0.15) is 31.3 Å². The summed E-state index contributed by atoms with van der Waals surface area (Å²) in [6.07, 6.45) is -6.97. The molecule has 0 radical (unpaired) electrons. The molecule has 1 aliphatic carbocycles. The van der Waals surface area contributed by atoms with Gasteiger partial charge in [-0.25, -0.2) is 4.98 Å². The van der Waals surface area contributed by atoms with E-state index in [1.807, 2.05) is 13.8 Å². The number of anilines is 2. The smallest absolute Gasteiger partial charge is 0.393 e. The first kappa shape index (κ1) is 25.0. The molecule has 2 heterocycles. The SMILES string of the molecule is Cc1cc(C(F)(F)F)c(CNc2ncc(C(F)(F)F)c(N[C@@H]3CC[C@@H](O)C(C)(C)C3)n2)cn1. The van der Waals surface area contributed by atoms with Gasteiger partial charge in [0.25, 0.3) is 0 Å². The highest BCUT2D eigenvalue weighted by Gasteiger charge is 2.39. The van der Waals surface area contributed by atoms with Crippen LogP contribution in [-0.2, 0) is 18.9 Å². The van der Waals surface area contributed by atoms with E-state index in [4.69, 9.17) is 0 Å². The number of aliphatic hydroxyl groups excluding tert-OH is 1. The van der Waals surface area contributed by atoms with Crippen molar-refractivity contribution in [2.75, 3.05) is 10.6 Å². The van der Waals surface area contributed by atoms with E-state index in [1.54, 1.807) is 0 Å². The van der Waals surface area contributed by atoms with Crippen molar-refractivity contribution in [1.29, 1.82) is 0 Å². The molecule has 0 spiro atoms. The molecule has 0 amide bonds. The van der Waals surface area contributed by atoms with Gasteiger partial charge in [-0.05, 0) is 37.7 Å². The van der Waals surface area contributed by atoms with Crippen LogP contribution >= 0.6 is 0 Å². The van der Waals surface area contributed by atoms with Crippen LogP contribution in [0.3, 0.4) is 0 Å². The van der Waals surface area contributed by atoms with Gasteiger partial charge in [0.15, 0.2) is 0 Å². The lowest BCUT2D eigenvalue weighted by molar-refractivity contribution is -0.138. The zero-order valence-electron chi connectivity index (χ0n) is 18.3. The third kappa shape index (κ3) is 6.04. The van der Waals surface area contributed by atoms with Crippen LogP contribution in [0.25, 0.3) is 0 Å². The van der Waals surface area contributed by atoms with E-state index in [2.05, 4.69) is 25.6 Å². The number of aliphatic hydroxyl groups is 1. The summed E-state index contributed by atoms with van der Waals surface area (Å²) in [5.41, 5.74) is -2.46. The van der Waals surface area contributed by atoms with E-state index < -0.39 is 40.8 Å². The Morgan fingerprint density at radius 2 is 1.70 bits per heavy atom. The molecule has 0 aromatic carbocycles. The van der Waals surface area contributed by atoms with Gasteiger partial charge in [0.1, 0.15) is 11.4 Å². The highest BCUT2D eigenvalue weighted by molar-refractivity contribution is 5.50. The molecule has 3 N–H and O–H groups in total. The van der Waals surface area contributed by atoms with Gasteiger partial charge in [0.2, 0.25) is 5.95 Å². The highest BCUT2D eigenvalue weighted by atomic mass is 19.4. The fourth-order valence-corrected chi connectivity index (χ4v) is 3.89. The molecule has 12 heteroatoms. The largest absolute Gasteiger partial charge is 0.421 e. The van der Waals surface area contributed by atoms with Crippen LogP contribution < -0.4 is 10.6 Å². The normalized spacial score (nSPS) is 21.0. The predicted octanol–water partition coefficient (Wildman–Crippen LogP) is 5.18. The summed E-state index contributed by atoms with van der Waals surface area (Å²) >= 11 is 0. The minimum absolute atomic E-state index is 0.184. The number of hydrogen-bond acceptors (Lipinski definition) is 6. The van der Waals surface area contributed by atoms with Crippen LogP contribution in [0.5, 0.6) is 0 Å². The number of aryl methyl sites for hydroxylation is 1. The Morgan fingerprint density at radius 1 is 1.03 bits per heavy atom. The average Bonchev–Trinajstić information content (AvgIpc) is 2.68. The summed E-state index contributed by atoms with van der Waals surface area (Å²) in [5, 5.41) is 15.5. The summed E-state index contributed by atoms with van der Waals surface area (Å²) in [6.45, 7) is 4.71. The van der Waals surface area contributed by atoms with E-state index >= 15 is 0 Å². The third-order valence-corrected chi connectivity index (χ3v) is 5.76. The van der Waals surface area contributed by atoms with Crippen LogP contribution in [0.2, 0.25) is 0 Å². The first-order valence-corrected chi connectivity index (χ1v) is 10.3. The molecular weight excluding hydrogens is 452 g/mol. The number of nitrogens with zero attached hydrogens (tertiary/aromatic N) is 3. The Kier molecular flexibility index (Phi) is 6.79. The molecule has 1 fully saturated rings. The van der Waals surface area contributed by atoms with Crippen molar-refractivity contribution >= 4 is 11.8 Å². The zero-order chi connectivity index (χ0) is 24.6. The van der Waals surface area contributed by atoms with E-state index in [-0.39, 0.29) is 29.8 Å². The Hall–Kier alpha value is -2.63. The number of nitrogens with one attached hydrogen (secondary N) is 2.